The molecule has 3 heteroatoms. The third-order valence-corrected chi connectivity index (χ3v) is 3.15. The minimum Gasteiger partial charge on any atom is -0.493 e. The van der Waals surface area contributed by atoms with E-state index >= 15 is 0 Å². The maximum Gasteiger partial charge on any atom is 0.130 e. The molecule has 0 radical (unpaired) electrons. The molecule has 84 valence electrons. The number of benzene rings is 1. The highest BCUT2D eigenvalue weighted by atomic mass is 32.1. The Morgan fingerprint density at radius 3 is 2.75 bits per heavy atom. The second-order valence-corrected chi connectivity index (χ2v) is 4.63. The van der Waals surface area contributed by atoms with Gasteiger partial charge in [0.05, 0.1) is 6.61 Å². The van der Waals surface area contributed by atoms with Crippen LogP contribution >= 0.6 is 11.3 Å². The molecule has 16 heavy (non-hydrogen) atoms. The van der Waals surface area contributed by atoms with Crippen LogP contribution in [0, 0.1) is 12.7 Å². The number of hydrogen-bond acceptors (Lipinski definition) is 2. The van der Waals surface area contributed by atoms with E-state index in [9.17, 15) is 4.39 Å². The van der Waals surface area contributed by atoms with E-state index in [2.05, 4.69) is 18.4 Å². The molecule has 0 spiro atoms. The van der Waals surface area contributed by atoms with Gasteiger partial charge in [0, 0.05) is 16.5 Å². The van der Waals surface area contributed by atoms with Crippen LogP contribution < -0.4 is 4.74 Å². The Hall–Kier alpha value is -1.35. The molecule has 0 atom stereocenters. The van der Waals surface area contributed by atoms with Gasteiger partial charge < -0.3 is 4.74 Å². The molecule has 1 heterocycles. The summed E-state index contributed by atoms with van der Waals surface area (Å²) in [6.07, 6.45) is 0. The normalized spacial score (nSPS) is 10.4. The second kappa shape index (κ2) is 4.66. The standard InChI is InChI=1S/C13H13FOS/c1-3-15-13-7-11(14)4-5-12(13)10-6-9(2)16-8-10/h4-8H,3H2,1-2H3. The smallest absolute Gasteiger partial charge is 0.130 e. The molecule has 0 fully saturated rings. The van der Waals surface area contributed by atoms with Crippen LogP contribution in [0.15, 0.2) is 29.6 Å². The van der Waals surface area contributed by atoms with Crippen molar-refractivity contribution >= 4 is 11.3 Å². The van der Waals surface area contributed by atoms with Gasteiger partial charge in [0.2, 0.25) is 0 Å². The second-order valence-electron chi connectivity index (χ2n) is 3.52. The van der Waals surface area contributed by atoms with Crippen molar-refractivity contribution in [3.05, 3.63) is 40.3 Å². The van der Waals surface area contributed by atoms with Crippen LogP contribution in [0.5, 0.6) is 5.75 Å². The van der Waals surface area contributed by atoms with Crippen molar-refractivity contribution in [3.8, 4) is 16.9 Å². The summed E-state index contributed by atoms with van der Waals surface area (Å²) in [4.78, 5) is 1.24. The molecule has 2 rings (SSSR count). The maximum atomic E-state index is 13.1. The fourth-order valence-corrected chi connectivity index (χ4v) is 2.30. The number of hydrogen-bond donors (Lipinski definition) is 0. The SMILES string of the molecule is CCOc1cc(F)ccc1-c1csc(C)c1. The van der Waals surface area contributed by atoms with Crippen LogP contribution in [0.3, 0.4) is 0 Å². The zero-order valence-corrected chi connectivity index (χ0v) is 10.1. The lowest BCUT2D eigenvalue weighted by Crippen LogP contribution is -1.94. The Kier molecular flexibility index (Phi) is 3.25. The molecule has 0 N–H and O–H groups in total. The van der Waals surface area contributed by atoms with E-state index in [-0.39, 0.29) is 5.82 Å². The quantitative estimate of drug-likeness (QED) is 0.773. The van der Waals surface area contributed by atoms with E-state index in [0.717, 1.165) is 11.1 Å². The monoisotopic (exact) mass is 236 g/mol. The van der Waals surface area contributed by atoms with Crippen molar-refractivity contribution in [1.29, 1.82) is 0 Å². The Morgan fingerprint density at radius 1 is 1.31 bits per heavy atom. The lowest BCUT2D eigenvalue weighted by molar-refractivity contribution is 0.339. The van der Waals surface area contributed by atoms with Gasteiger partial charge >= 0.3 is 0 Å². The highest BCUT2D eigenvalue weighted by molar-refractivity contribution is 7.10. The van der Waals surface area contributed by atoms with Gasteiger partial charge in [0.15, 0.2) is 0 Å². The highest BCUT2D eigenvalue weighted by Crippen LogP contribution is 2.33. The number of halogens is 1. The molecule has 0 saturated heterocycles. The van der Waals surface area contributed by atoms with Crippen LogP contribution in [0.1, 0.15) is 11.8 Å². The van der Waals surface area contributed by atoms with Gasteiger partial charge in [0.1, 0.15) is 11.6 Å². The molecule has 2 aromatic rings. The molecular formula is C13H13FOS. The molecule has 0 saturated carbocycles. The van der Waals surface area contributed by atoms with Gasteiger partial charge in [-0.05, 0) is 43.0 Å². The van der Waals surface area contributed by atoms with Crippen LogP contribution in [0.25, 0.3) is 11.1 Å². The predicted octanol–water partition coefficient (Wildman–Crippen LogP) is 4.26. The summed E-state index contributed by atoms with van der Waals surface area (Å²) in [6, 6.07) is 6.75. The van der Waals surface area contributed by atoms with Crippen molar-refractivity contribution in [2.45, 2.75) is 13.8 Å². The summed E-state index contributed by atoms with van der Waals surface area (Å²) in [5.41, 5.74) is 2.04. The number of aryl methyl sites for hydroxylation is 1. The van der Waals surface area contributed by atoms with E-state index < -0.39 is 0 Å². The molecule has 0 amide bonds. The van der Waals surface area contributed by atoms with E-state index in [4.69, 9.17) is 4.74 Å². The van der Waals surface area contributed by atoms with Gasteiger partial charge in [-0.3, -0.25) is 0 Å². The minimum atomic E-state index is -0.265. The predicted molar refractivity (Wildman–Crippen MR) is 65.6 cm³/mol. The lowest BCUT2D eigenvalue weighted by atomic mass is 10.1. The van der Waals surface area contributed by atoms with Gasteiger partial charge in [-0.15, -0.1) is 11.3 Å². The third kappa shape index (κ3) is 2.25. The first kappa shape index (κ1) is 11.1. The first-order chi connectivity index (χ1) is 7.70. The summed E-state index contributed by atoms with van der Waals surface area (Å²) in [7, 11) is 0. The molecular weight excluding hydrogens is 223 g/mol. The van der Waals surface area contributed by atoms with Crippen LogP contribution in [-0.2, 0) is 0 Å². The molecule has 1 nitrogen and oxygen atoms in total. The van der Waals surface area contributed by atoms with Gasteiger partial charge in [-0.2, -0.15) is 0 Å². The fourth-order valence-electron chi connectivity index (χ4n) is 1.59. The van der Waals surface area contributed by atoms with E-state index in [0.29, 0.717) is 12.4 Å². The zero-order chi connectivity index (χ0) is 11.5. The van der Waals surface area contributed by atoms with Crippen LogP contribution in [0.4, 0.5) is 4.39 Å². The maximum absolute atomic E-state index is 13.1. The molecule has 0 aliphatic heterocycles. The van der Waals surface area contributed by atoms with E-state index in [1.165, 1.54) is 17.0 Å². The van der Waals surface area contributed by atoms with Crippen molar-refractivity contribution in [2.75, 3.05) is 6.61 Å². The Morgan fingerprint density at radius 2 is 2.12 bits per heavy atom. The average molecular weight is 236 g/mol. The molecule has 1 aromatic heterocycles. The molecule has 0 aliphatic rings. The first-order valence-electron chi connectivity index (χ1n) is 5.18. The van der Waals surface area contributed by atoms with Crippen LogP contribution in [0.2, 0.25) is 0 Å². The average Bonchev–Trinajstić information content (AvgIpc) is 2.65. The van der Waals surface area contributed by atoms with E-state index in [1.807, 2.05) is 6.92 Å². The van der Waals surface area contributed by atoms with Crippen LogP contribution in [-0.4, -0.2) is 6.61 Å². The molecule has 0 aliphatic carbocycles. The summed E-state index contributed by atoms with van der Waals surface area (Å²) < 4.78 is 18.6. The Balaban J connectivity index is 2.47. The molecule has 1 aromatic carbocycles. The lowest BCUT2D eigenvalue weighted by Gasteiger charge is -2.08. The van der Waals surface area contributed by atoms with Crippen molar-refractivity contribution in [2.24, 2.45) is 0 Å². The molecule has 0 bridgehead atoms. The van der Waals surface area contributed by atoms with Gasteiger partial charge in [-0.1, -0.05) is 0 Å². The highest BCUT2D eigenvalue weighted by Gasteiger charge is 2.08. The topological polar surface area (TPSA) is 9.23 Å². The third-order valence-electron chi connectivity index (χ3n) is 2.29. The zero-order valence-electron chi connectivity index (χ0n) is 9.29. The summed E-state index contributed by atoms with van der Waals surface area (Å²) >= 11 is 1.68. The largest absolute Gasteiger partial charge is 0.493 e. The Labute approximate surface area is 98.5 Å². The van der Waals surface area contributed by atoms with E-state index in [1.54, 1.807) is 17.4 Å². The van der Waals surface area contributed by atoms with Crippen molar-refractivity contribution < 1.29 is 9.13 Å². The van der Waals surface area contributed by atoms with Crippen molar-refractivity contribution in [3.63, 3.8) is 0 Å². The summed E-state index contributed by atoms with van der Waals surface area (Å²) in [5, 5.41) is 2.06. The molecule has 0 unspecified atom stereocenters. The fraction of sp³-hybridized carbons (Fsp3) is 0.231. The van der Waals surface area contributed by atoms with Crippen molar-refractivity contribution in [1.82, 2.24) is 0 Å². The number of rotatable bonds is 3. The number of thiophene rings is 1. The first-order valence-corrected chi connectivity index (χ1v) is 6.06. The minimum absolute atomic E-state index is 0.265. The van der Waals surface area contributed by atoms with Gasteiger partial charge in [0.25, 0.3) is 0 Å². The Bertz CT molecular complexity index is 490. The van der Waals surface area contributed by atoms with Gasteiger partial charge in [-0.25, -0.2) is 4.39 Å². The number of ether oxygens (including phenoxy) is 1. The summed E-state index contributed by atoms with van der Waals surface area (Å²) in [5.74, 6) is 0.347. The summed E-state index contributed by atoms with van der Waals surface area (Å²) in [6.45, 7) is 4.49.